The number of hydrogen-bond donors (Lipinski definition) is 0. The maximum atomic E-state index is 13.2. The average molecular weight is 270 g/mol. The molecule has 4 heteroatoms. The van der Waals surface area contributed by atoms with Crippen molar-refractivity contribution in [3.63, 3.8) is 0 Å². The normalized spacial score (nSPS) is 10.7. The topological polar surface area (TPSA) is 17.8 Å². The van der Waals surface area contributed by atoms with Crippen LogP contribution in [-0.2, 0) is 6.54 Å². The molecule has 2 nitrogen and oxygen atoms in total. The molecule has 0 amide bonds. The van der Waals surface area contributed by atoms with Crippen LogP contribution in [0.3, 0.4) is 0 Å². The zero-order valence-corrected chi connectivity index (χ0v) is 10.6. The third kappa shape index (κ3) is 2.74. The van der Waals surface area contributed by atoms with Gasteiger partial charge in [0.1, 0.15) is 11.6 Å². The number of rotatable bonds is 3. The van der Waals surface area contributed by atoms with Crippen LogP contribution in [0.2, 0.25) is 0 Å². The van der Waals surface area contributed by atoms with Crippen LogP contribution >= 0.6 is 0 Å². The fourth-order valence-electron chi connectivity index (χ4n) is 2.04. The van der Waals surface area contributed by atoms with Gasteiger partial charge in [0.05, 0.1) is 12.7 Å². The van der Waals surface area contributed by atoms with Gasteiger partial charge >= 0.3 is 0 Å². The third-order valence-corrected chi connectivity index (χ3v) is 3.05. The highest BCUT2D eigenvalue weighted by Gasteiger charge is 2.03. The highest BCUT2D eigenvalue weighted by atomic mass is 19.1. The molecule has 0 N–H and O–H groups in total. The zero-order valence-electron chi connectivity index (χ0n) is 10.6. The third-order valence-electron chi connectivity index (χ3n) is 3.05. The van der Waals surface area contributed by atoms with Gasteiger partial charge in [0.2, 0.25) is 0 Å². The van der Waals surface area contributed by atoms with E-state index in [1.54, 1.807) is 29.1 Å². The molecule has 0 unspecified atom stereocenters. The van der Waals surface area contributed by atoms with Crippen molar-refractivity contribution in [3.8, 4) is 11.1 Å². The molecule has 0 bridgehead atoms. The van der Waals surface area contributed by atoms with Gasteiger partial charge in [-0.3, -0.25) is 4.68 Å². The Morgan fingerprint density at radius 1 is 0.900 bits per heavy atom. The van der Waals surface area contributed by atoms with Crippen molar-refractivity contribution in [2.75, 3.05) is 0 Å². The summed E-state index contributed by atoms with van der Waals surface area (Å²) in [5.74, 6) is -0.525. The van der Waals surface area contributed by atoms with Crippen LogP contribution in [0.5, 0.6) is 0 Å². The lowest BCUT2D eigenvalue weighted by Crippen LogP contribution is -1.99. The predicted octanol–water partition coefficient (Wildman–Crippen LogP) is 3.88. The maximum absolute atomic E-state index is 13.2. The van der Waals surface area contributed by atoms with E-state index in [4.69, 9.17) is 0 Å². The number of benzene rings is 2. The highest BCUT2D eigenvalue weighted by Crippen LogP contribution is 2.19. The molecule has 100 valence electrons. The van der Waals surface area contributed by atoms with E-state index >= 15 is 0 Å². The number of aromatic nitrogens is 2. The molecule has 3 aromatic rings. The Labute approximate surface area is 115 Å². The fraction of sp³-hybridized carbons (Fsp3) is 0.0625. The molecular formula is C16H12F2N2. The van der Waals surface area contributed by atoms with Gasteiger partial charge in [-0.1, -0.05) is 24.3 Å². The molecule has 0 aliphatic heterocycles. The molecule has 0 fully saturated rings. The molecule has 0 atom stereocenters. The fourth-order valence-corrected chi connectivity index (χ4v) is 2.04. The lowest BCUT2D eigenvalue weighted by atomic mass is 10.1. The monoisotopic (exact) mass is 270 g/mol. The molecule has 0 saturated heterocycles. The van der Waals surface area contributed by atoms with Crippen molar-refractivity contribution in [1.82, 2.24) is 9.78 Å². The molecule has 1 aromatic heterocycles. The van der Waals surface area contributed by atoms with Gasteiger partial charge in [0.25, 0.3) is 0 Å². The summed E-state index contributed by atoms with van der Waals surface area (Å²) >= 11 is 0. The Hall–Kier alpha value is -2.49. The van der Waals surface area contributed by atoms with Crippen molar-refractivity contribution in [2.24, 2.45) is 0 Å². The van der Waals surface area contributed by atoms with Gasteiger partial charge in [0.15, 0.2) is 0 Å². The van der Waals surface area contributed by atoms with Gasteiger partial charge in [-0.2, -0.15) is 5.10 Å². The van der Waals surface area contributed by atoms with E-state index in [-0.39, 0.29) is 11.6 Å². The second-order valence-corrected chi connectivity index (χ2v) is 4.56. The summed E-state index contributed by atoms with van der Waals surface area (Å²) in [4.78, 5) is 0. The summed E-state index contributed by atoms with van der Waals surface area (Å²) in [7, 11) is 0. The second-order valence-electron chi connectivity index (χ2n) is 4.56. The first-order valence-electron chi connectivity index (χ1n) is 6.23. The molecule has 0 spiro atoms. The van der Waals surface area contributed by atoms with Crippen LogP contribution < -0.4 is 0 Å². The van der Waals surface area contributed by atoms with Crippen LogP contribution in [0.15, 0.2) is 60.9 Å². The van der Waals surface area contributed by atoms with Crippen LogP contribution in [0.4, 0.5) is 8.78 Å². The summed E-state index contributed by atoms with van der Waals surface area (Å²) in [5, 5.41) is 4.24. The summed E-state index contributed by atoms with van der Waals surface area (Å²) in [6, 6.07) is 12.7. The van der Waals surface area contributed by atoms with Crippen LogP contribution in [-0.4, -0.2) is 9.78 Å². The van der Waals surface area contributed by atoms with Gasteiger partial charge in [-0.25, -0.2) is 8.78 Å². The predicted molar refractivity (Wildman–Crippen MR) is 73.1 cm³/mol. The van der Waals surface area contributed by atoms with E-state index in [0.717, 1.165) is 16.7 Å². The molecule has 0 aliphatic rings. The largest absolute Gasteiger partial charge is 0.268 e. The Kier molecular flexibility index (Phi) is 3.29. The number of hydrogen-bond acceptors (Lipinski definition) is 1. The Morgan fingerprint density at radius 3 is 2.45 bits per heavy atom. The van der Waals surface area contributed by atoms with Crippen LogP contribution in [0, 0.1) is 11.6 Å². The van der Waals surface area contributed by atoms with Gasteiger partial charge < -0.3 is 0 Å². The lowest BCUT2D eigenvalue weighted by molar-refractivity contribution is 0.624. The van der Waals surface area contributed by atoms with E-state index in [1.807, 2.05) is 12.3 Å². The molecule has 0 saturated carbocycles. The lowest BCUT2D eigenvalue weighted by Gasteiger charge is -2.01. The summed E-state index contributed by atoms with van der Waals surface area (Å²) in [6.07, 6.45) is 3.54. The molecule has 0 radical (unpaired) electrons. The molecule has 0 aliphatic carbocycles. The first-order chi connectivity index (χ1) is 9.70. The van der Waals surface area contributed by atoms with Gasteiger partial charge in [0, 0.05) is 11.8 Å². The standard InChI is InChI=1S/C16H12F2N2/c17-15-6-4-12(5-7-15)10-20-11-14(9-19-20)13-2-1-3-16(18)8-13/h1-9,11H,10H2. The highest BCUT2D eigenvalue weighted by molar-refractivity contribution is 5.61. The minimum Gasteiger partial charge on any atom is -0.268 e. The minimum absolute atomic E-state index is 0.255. The Balaban J connectivity index is 1.82. The first-order valence-corrected chi connectivity index (χ1v) is 6.23. The molecule has 2 aromatic carbocycles. The Bertz CT molecular complexity index is 717. The number of halogens is 2. The van der Waals surface area contributed by atoms with Crippen molar-refractivity contribution >= 4 is 0 Å². The first kappa shape index (κ1) is 12.5. The molecule has 20 heavy (non-hydrogen) atoms. The van der Waals surface area contributed by atoms with E-state index < -0.39 is 0 Å². The molecule has 3 rings (SSSR count). The van der Waals surface area contributed by atoms with Crippen molar-refractivity contribution < 1.29 is 8.78 Å². The average Bonchev–Trinajstić information content (AvgIpc) is 2.90. The van der Waals surface area contributed by atoms with Crippen LogP contribution in [0.25, 0.3) is 11.1 Å². The Morgan fingerprint density at radius 2 is 1.70 bits per heavy atom. The quantitative estimate of drug-likeness (QED) is 0.706. The summed E-state index contributed by atoms with van der Waals surface area (Å²) in [5.41, 5.74) is 2.60. The smallest absolute Gasteiger partial charge is 0.123 e. The zero-order chi connectivity index (χ0) is 13.9. The molecule has 1 heterocycles. The van der Waals surface area contributed by atoms with E-state index in [9.17, 15) is 8.78 Å². The van der Waals surface area contributed by atoms with E-state index in [1.165, 1.54) is 24.3 Å². The van der Waals surface area contributed by atoms with Gasteiger partial charge in [-0.05, 0) is 35.4 Å². The van der Waals surface area contributed by atoms with Crippen molar-refractivity contribution in [3.05, 3.63) is 78.1 Å². The maximum Gasteiger partial charge on any atom is 0.123 e. The van der Waals surface area contributed by atoms with Gasteiger partial charge in [-0.15, -0.1) is 0 Å². The summed E-state index contributed by atoms with van der Waals surface area (Å²) in [6.45, 7) is 0.551. The summed E-state index contributed by atoms with van der Waals surface area (Å²) < 4.78 is 27.8. The van der Waals surface area contributed by atoms with Crippen LogP contribution in [0.1, 0.15) is 5.56 Å². The minimum atomic E-state index is -0.270. The number of nitrogens with zero attached hydrogens (tertiary/aromatic N) is 2. The molecular weight excluding hydrogens is 258 g/mol. The van der Waals surface area contributed by atoms with E-state index in [0.29, 0.717) is 6.54 Å². The SMILES string of the molecule is Fc1ccc(Cn2cc(-c3cccc(F)c3)cn2)cc1. The second kappa shape index (κ2) is 5.25. The van der Waals surface area contributed by atoms with Crippen molar-refractivity contribution in [1.29, 1.82) is 0 Å². The van der Waals surface area contributed by atoms with E-state index in [2.05, 4.69) is 5.10 Å². The van der Waals surface area contributed by atoms with Crippen molar-refractivity contribution in [2.45, 2.75) is 6.54 Å².